The standard InChI is InChI=1S/C20H27N5O2S/c1-14-7-9-16(10-8-14)22-18(27)20-24-23-19(28-20)17(26)21-11-5-13-25-12-4-3-6-15(25)2/h7-10,15H,3-6,11-13H2,1-2H3,(H,21,26)(H,22,27)/t15-/m0/s1. The lowest BCUT2D eigenvalue weighted by Crippen LogP contribution is -2.39. The fourth-order valence-electron chi connectivity index (χ4n) is 3.28. The molecule has 1 aliphatic heterocycles. The zero-order chi connectivity index (χ0) is 19.9. The van der Waals surface area contributed by atoms with Gasteiger partial charge in [-0.15, -0.1) is 10.2 Å². The lowest BCUT2D eigenvalue weighted by Gasteiger charge is -2.33. The Labute approximate surface area is 169 Å². The van der Waals surface area contributed by atoms with Gasteiger partial charge >= 0.3 is 0 Å². The predicted octanol–water partition coefficient (Wildman–Crippen LogP) is 3.09. The number of piperidine rings is 1. The third-order valence-corrected chi connectivity index (χ3v) is 5.89. The molecule has 1 saturated heterocycles. The predicted molar refractivity (Wildman–Crippen MR) is 111 cm³/mol. The van der Waals surface area contributed by atoms with Gasteiger partial charge in [-0.05, 0) is 51.8 Å². The summed E-state index contributed by atoms with van der Waals surface area (Å²) >= 11 is 1.00. The molecule has 1 atom stereocenters. The Morgan fingerprint density at radius 1 is 1.14 bits per heavy atom. The Hall–Kier alpha value is -2.32. The molecular formula is C20H27N5O2S. The molecule has 8 heteroatoms. The minimum Gasteiger partial charge on any atom is -0.350 e. The molecule has 0 aliphatic carbocycles. The van der Waals surface area contributed by atoms with Crippen LogP contribution in [0.4, 0.5) is 5.69 Å². The molecule has 2 N–H and O–H groups in total. The molecule has 28 heavy (non-hydrogen) atoms. The maximum absolute atomic E-state index is 12.3. The molecule has 1 aromatic heterocycles. The molecule has 7 nitrogen and oxygen atoms in total. The van der Waals surface area contributed by atoms with Gasteiger partial charge in [-0.1, -0.05) is 35.5 Å². The molecule has 2 heterocycles. The van der Waals surface area contributed by atoms with Gasteiger partial charge in [0.2, 0.25) is 10.0 Å². The lowest BCUT2D eigenvalue weighted by atomic mass is 10.0. The van der Waals surface area contributed by atoms with Crippen LogP contribution in [0.2, 0.25) is 0 Å². The van der Waals surface area contributed by atoms with Crippen molar-refractivity contribution in [3.05, 3.63) is 39.8 Å². The van der Waals surface area contributed by atoms with Crippen LogP contribution >= 0.6 is 11.3 Å². The monoisotopic (exact) mass is 401 g/mol. The summed E-state index contributed by atoms with van der Waals surface area (Å²) in [7, 11) is 0. The van der Waals surface area contributed by atoms with Crippen LogP contribution in [0.25, 0.3) is 0 Å². The minimum atomic E-state index is -0.362. The van der Waals surface area contributed by atoms with E-state index in [4.69, 9.17) is 0 Å². The van der Waals surface area contributed by atoms with Crippen LogP contribution in [-0.4, -0.2) is 52.6 Å². The van der Waals surface area contributed by atoms with Crippen molar-refractivity contribution in [2.45, 2.75) is 45.6 Å². The fraction of sp³-hybridized carbons (Fsp3) is 0.500. The summed E-state index contributed by atoms with van der Waals surface area (Å²) < 4.78 is 0. The number of carbonyl (C=O) groups excluding carboxylic acids is 2. The first-order valence-electron chi connectivity index (χ1n) is 9.76. The molecule has 0 bridgehead atoms. The Morgan fingerprint density at radius 3 is 2.57 bits per heavy atom. The van der Waals surface area contributed by atoms with Crippen LogP contribution in [0, 0.1) is 6.92 Å². The van der Waals surface area contributed by atoms with Crippen LogP contribution in [0.1, 0.15) is 57.8 Å². The highest BCUT2D eigenvalue weighted by molar-refractivity contribution is 7.15. The molecule has 2 amide bonds. The highest BCUT2D eigenvalue weighted by Crippen LogP contribution is 2.16. The first-order valence-corrected chi connectivity index (χ1v) is 10.6. The third-order valence-electron chi connectivity index (χ3n) is 4.97. The first-order chi connectivity index (χ1) is 13.5. The van der Waals surface area contributed by atoms with E-state index in [-0.39, 0.29) is 21.8 Å². The van der Waals surface area contributed by atoms with Crippen molar-refractivity contribution in [3.8, 4) is 0 Å². The normalized spacial score (nSPS) is 17.3. The number of hydrogen-bond acceptors (Lipinski definition) is 6. The number of likely N-dealkylation sites (tertiary alicyclic amines) is 1. The molecule has 0 spiro atoms. The van der Waals surface area contributed by atoms with E-state index in [9.17, 15) is 9.59 Å². The van der Waals surface area contributed by atoms with Crippen LogP contribution in [-0.2, 0) is 0 Å². The maximum Gasteiger partial charge on any atom is 0.286 e. The highest BCUT2D eigenvalue weighted by Gasteiger charge is 2.19. The number of carbonyl (C=O) groups is 2. The average molecular weight is 402 g/mol. The summed E-state index contributed by atoms with van der Waals surface area (Å²) in [5, 5.41) is 13.7. The quantitative estimate of drug-likeness (QED) is 0.696. The second-order valence-corrected chi connectivity index (χ2v) is 8.20. The maximum atomic E-state index is 12.3. The Kier molecular flexibility index (Phi) is 7.11. The van der Waals surface area contributed by atoms with Crippen molar-refractivity contribution in [2.75, 3.05) is 25.0 Å². The fourth-order valence-corrected chi connectivity index (χ4v) is 3.93. The molecule has 0 saturated carbocycles. The van der Waals surface area contributed by atoms with Gasteiger partial charge in [0.05, 0.1) is 0 Å². The van der Waals surface area contributed by atoms with Crippen LogP contribution in [0.5, 0.6) is 0 Å². The van der Waals surface area contributed by atoms with Gasteiger partial charge in [-0.25, -0.2) is 0 Å². The Morgan fingerprint density at radius 2 is 1.86 bits per heavy atom. The van der Waals surface area contributed by atoms with Crippen molar-refractivity contribution < 1.29 is 9.59 Å². The SMILES string of the molecule is Cc1ccc(NC(=O)c2nnc(C(=O)NCCCN3CCCC[C@@H]3C)s2)cc1. The summed E-state index contributed by atoms with van der Waals surface area (Å²) in [5.41, 5.74) is 1.80. The molecule has 1 aromatic carbocycles. The molecule has 150 valence electrons. The first kappa shape index (κ1) is 20.4. The number of aryl methyl sites for hydroxylation is 1. The number of aromatic nitrogens is 2. The molecular weight excluding hydrogens is 374 g/mol. The van der Waals surface area contributed by atoms with E-state index in [0.29, 0.717) is 18.3 Å². The Balaban J connectivity index is 1.44. The molecule has 0 unspecified atom stereocenters. The van der Waals surface area contributed by atoms with Crippen LogP contribution in [0.15, 0.2) is 24.3 Å². The number of nitrogens with zero attached hydrogens (tertiary/aromatic N) is 3. The lowest BCUT2D eigenvalue weighted by molar-refractivity contribution is 0.0946. The number of hydrogen-bond donors (Lipinski definition) is 2. The highest BCUT2D eigenvalue weighted by atomic mass is 32.1. The average Bonchev–Trinajstić information content (AvgIpc) is 3.19. The van der Waals surface area contributed by atoms with Crippen molar-refractivity contribution in [3.63, 3.8) is 0 Å². The van der Waals surface area contributed by atoms with Gasteiger partial charge in [0.15, 0.2) is 0 Å². The molecule has 1 fully saturated rings. The summed E-state index contributed by atoms with van der Waals surface area (Å²) in [6.07, 6.45) is 4.72. The number of anilines is 1. The van der Waals surface area contributed by atoms with Crippen LogP contribution < -0.4 is 10.6 Å². The van der Waals surface area contributed by atoms with Gasteiger partial charge in [0, 0.05) is 24.8 Å². The topological polar surface area (TPSA) is 87.2 Å². The van der Waals surface area contributed by atoms with E-state index < -0.39 is 0 Å². The van der Waals surface area contributed by atoms with E-state index in [1.807, 2.05) is 31.2 Å². The van der Waals surface area contributed by atoms with Gasteiger partial charge in [0.25, 0.3) is 11.8 Å². The van der Waals surface area contributed by atoms with Crippen molar-refractivity contribution in [1.82, 2.24) is 20.4 Å². The van der Waals surface area contributed by atoms with Crippen LogP contribution in [0.3, 0.4) is 0 Å². The second kappa shape index (κ2) is 9.75. The Bertz CT molecular complexity index is 805. The molecule has 3 rings (SSSR count). The van der Waals surface area contributed by atoms with Crippen molar-refractivity contribution in [1.29, 1.82) is 0 Å². The zero-order valence-electron chi connectivity index (χ0n) is 16.4. The van der Waals surface area contributed by atoms with Gasteiger partial charge in [0.1, 0.15) is 0 Å². The van der Waals surface area contributed by atoms with Crippen molar-refractivity contribution in [2.24, 2.45) is 0 Å². The van der Waals surface area contributed by atoms with Gasteiger partial charge in [-0.2, -0.15) is 0 Å². The molecule has 2 aromatic rings. The summed E-state index contributed by atoms with van der Waals surface area (Å²) in [6, 6.07) is 8.11. The largest absolute Gasteiger partial charge is 0.350 e. The summed E-state index contributed by atoms with van der Waals surface area (Å²) in [4.78, 5) is 27.0. The number of benzene rings is 1. The van der Waals surface area contributed by atoms with Crippen molar-refractivity contribution >= 4 is 28.8 Å². The van der Waals surface area contributed by atoms with Gasteiger partial charge < -0.3 is 15.5 Å². The smallest absolute Gasteiger partial charge is 0.286 e. The molecule has 0 radical (unpaired) electrons. The number of amides is 2. The molecule has 1 aliphatic rings. The van der Waals surface area contributed by atoms with E-state index in [0.717, 1.165) is 36.4 Å². The zero-order valence-corrected chi connectivity index (χ0v) is 17.2. The minimum absolute atomic E-state index is 0.174. The summed E-state index contributed by atoms with van der Waals surface area (Å²) in [6.45, 7) is 6.97. The summed E-state index contributed by atoms with van der Waals surface area (Å²) in [5.74, 6) is -0.641. The van der Waals surface area contributed by atoms with E-state index in [1.54, 1.807) is 0 Å². The number of nitrogens with one attached hydrogen (secondary N) is 2. The van der Waals surface area contributed by atoms with E-state index in [1.165, 1.54) is 19.3 Å². The van der Waals surface area contributed by atoms with E-state index >= 15 is 0 Å². The van der Waals surface area contributed by atoms with E-state index in [2.05, 4.69) is 32.7 Å². The van der Waals surface area contributed by atoms with Gasteiger partial charge in [-0.3, -0.25) is 9.59 Å². The second-order valence-electron chi connectivity index (χ2n) is 7.22. The number of rotatable bonds is 7. The third kappa shape index (κ3) is 5.59.